The average Bonchev–Trinajstić information content (AvgIpc) is 2.97. The maximum Gasteiger partial charge on any atom is 0.131 e. The van der Waals surface area contributed by atoms with Crippen molar-refractivity contribution < 1.29 is 4.74 Å². The monoisotopic (exact) mass is 292 g/mol. The lowest BCUT2D eigenvalue weighted by molar-refractivity contribution is 0.112. The normalized spacial score (nSPS) is 22.8. The van der Waals surface area contributed by atoms with Gasteiger partial charge in [0.2, 0.25) is 0 Å². The van der Waals surface area contributed by atoms with Crippen molar-refractivity contribution in [2.75, 3.05) is 0 Å². The molecule has 1 spiro atoms. The van der Waals surface area contributed by atoms with Crippen molar-refractivity contribution in [3.05, 3.63) is 34.3 Å². The van der Waals surface area contributed by atoms with Gasteiger partial charge in [-0.3, -0.25) is 0 Å². The molecule has 1 saturated carbocycles. The van der Waals surface area contributed by atoms with E-state index in [0.29, 0.717) is 0 Å². The lowest BCUT2D eigenvalue weighted by Crippen LogP contribution is -2.36. The quantitative estimate of drug-likeness (QED) is 0.730. The summed E-state index contributed by atoms with van der Waals surface area (Å²) in [6.07, 6.45) is 5.41. The van der Waals surface area contributed by atoms with Gasteiger partial charge in [0.1, 0.15) is 11.4 Å². The molecule has 1 aliphatic carbocycles. The number of fused-ring (bicyclic) bond motifs is 1. The summed E-state index contributed by atoms with van der Waals surface area (Å²) in [6, 6.07) is 4.28. The third-order valence-electron chi connectivity index (χ3n) is 3.92. The van der Waals surface area contributed by atoms with Crippen molar-refractivity contribution >= 4 is 22.0 Å². The van der Waals surface area contributed by atoms with Crippen molar-refractivity contribution in [2.45, 2.75) is 44.1 Å². The predicted octanol–water partition coefficient (Wildman–Crippen LogP) is 4.68. The summed E-state index contributed by atoms with van der Waals surface area (Å²) in [5.41, 5.74) is 2.72. The Hall–Kier alpha value is -0.760. The highest BCUT2D eigenvalue weighted by molar-refractivity contribution is 9.10. The first kappa shape index (κ1) is 11.3. The third-order valence-corrected chi connectivity index (χ3v) is 4.38. The number of hydrogen-bond acceptors (Lipinski definition) is 1. The van der Waals surface area contributed by atoms with Gasteiger partial charge in [0.05, 0.1) is 0 Å². The van der Waals surface area contributed by atoms with Crippen LogP contribution in [-0.4, -0.2) is 5.60 Å². The van der Waals surface area contributed by atoms with Gasteiger partial charge in [-0.25, -0.2) is 0 Å². The van der Waals surface area contributed by atoms with Crippen molar-refractivity contribution in [3.8, 4) is 5.75 Å². The number of halogens is 1. The van der Waals surface area contributed by atoms with Gasteiger partial charge in [-0.2, -0.15) is 0 Å². The number of hydrogen-bond donors (Lipinski definition) is 0. The van der Waals surface area contributed by atoms with Crippen LogP contribution in [0.4, 0.5) is 0 Å². The van der Waals surface area contributed by atoms with Crippen LogP contribution in [0, 0.1) is 0 Å². The van der Waals surface area contributed by atoms with E-state index in [4.69, 9.17) is 4.74 Å². The second-order valence-corrected chi connectivity index (χ2v) is 6.84. The second kappa shape index (κ2) is 3.38. The molecule has 0 bridgehead atoms. The molecule has 17 heavy (non-hydrogen) atoms. The van der Waals surface area contributed by atoms with Crippen LogP contribution in [0.1, 0.15) is 44.2 Å². The van der Waals surface area contributed by atoms with Crippen molar-refractivity contribution in [1.82, 2.24) is 0 Å². The van der Waals surface area contributed by atoms with Gasteiger partial charge in [-0.15, -0.1) is 0 Å². The molecule has 1 aromatic carbocycles. The van der Waals surface area contributed by atoms with Crippen LogP contribution in [0.15, 0.2) is 23.2 Å². The van der Waals surface area contributed by atoms with Crippen LogP contribution < -0.4 is 4.74 Å². The minimum absolute atomic E-state index is 0.127. The first-order chi connectivity index (χ1) is 7.96. The Morgan fingerprint density at radius 3 is 2.65 bits per heavy atom. The minimum Gasteiger partial charge on any atom is -0.486 e. The molecule has 2 aliphatic rings. The molecule has 0 amide bonds. The Labute approximate surface area is 111 Å². The summed E-state index contributed by atoms with van der Waals surface area (Å²) in [7, 11) is 0. The molecule has 1 fully saturated rings. The fourth-order valence-electron chi connectivity index (χ4n) is 2.95. The van der Waals surface area contributed by atoms with E-state index in [-0.39, 0.29) is 11.0 Å². The Kier molecular flexibility index (Phi) is 2.25. The Bertz CT molecular complexity index is 498. The molecular weight excluding hydrogens is 276 g/mol. The largest absolute Gasteiger partial charge is 0.486 e. The van der Waals surface area contributed by atoms with Crippen LogP contribution in [-0.2, 0) is 5.41 Å². The number of rotatable bonds is 1. The van der Waals surface area contributed by atoms with Crippen LogP contribution in [0.2, 0.25) is 0 Å². The summed E-state index contributed by atoms with van der Waals surface area (Å²) >= 11 is 3.57. The smallest absolute Gasteiger partial charge is 0.131 e. The van der Waals surface area contributed by atoms with Gasteiger partial charge in [-0.1, -0.05) is 42.4 Å². The van der Waals surface area contributed by atoms with Gasteiger partial charge in [0.15, 0.2) is 0 Å². The highest BCUT2D eigenvalue weighted by Gasteiger charge is 2.53. The average molecular weight is 293 g/mol. The summed E-state index contributed by atoms with van der Waals surface area (Å²) in [5, 5.41) is 0. The molecule has 1 aliphatic heterocycles. The first-order valence-electron chi connectivity index (χ1n) is 6.11. The zero-order valence-corrected chi connectivity index (χ0v) is 11.9. The van der Waals surface area contributed by atoms with Crippen LogP contribution >= 0.6 is 15.9 Å². The lowest BCUT2D eigenvalue weighted by Gasteiger charge is -2.39. The Balaban J connectivity index is 2.21. The van der Waals surface area contributed by atoms with Crippen LogP contribution in [0.5, 0.6) is 5.75 Å². The van der Waals surface area contributed by atoms with E-state index < -0.39 is 0 Å². The lowest BCUT2D eigenvalue weighted by atomic mass is 9.76. The molecular formula is C15H17BrO. The highest BCUT2D eigenvalue weighted by Crippen LogP contribution is 2.56. The summed E-state index contributed by atoms with van der Waals surface area (Å²) in [6.45, 7) is 8.52. The van der Waals surface area contributed by atoms with E-state index in [9.17, 15) is 0 Å². The molecule has 0 N–H and O–H groups in total. The van der Waals surface area contributed by atoms with E-state index in [1.807, 2.05) is 6.08 Å². The maximum absolute atomic E-state index is 6.25. The molecule has 0 atom stereocenters. The fourth-order valence-corrected chi connectivity index (χ4v) is 3.43. The van der Waals surface area contributed by atoms with Gasteiger partial charge < -0.3 is 4.74 Å². The molecule has 2 heteroatoms. The predicted molar refractivity (Wildman–Crippen MR) is 74.5 cm³/mol. The standard InChI is InChI=1S/C15H17BrO/c1-4-10-7-11(16)8-12-13(10)17-15(5-6-15)9-14(12,2)3/h4,7-8H,1,5-6,9H2,2-3H3. The van der Waals surface area contributed by atoms with E-state index in [1.54, 1.807) is 0 Å². The van der Waals surface area contributed by atoms with Crippen LogP contribution in [0.3, 0.4) is 0 Å². The maximum atomic E-state index is 6.25. The second-order valence-electron chi connectivity index (χ2n) is 5.92. The van der Waals surface area contributed by atoms with Gasteiger partial charge >= 0.3 is 0 Å². The highest BCUT2D eigenvalue weighted by atomic mass is 79.9. The molecule has 0 aromatic heterocycles. The molecule has 90 valence electrons. The topological polar surface area (TPSA) is 9.23 Å². The molecule has 0 unspecified atom stereocenters. The first-order valence-corrected chi connectivity index (χ1v) is 6.91. The third kappa shape index (κ3) is 1.74. The van der Waals surface area contributed by atoms with E-state index in [2.05, 4.69) is 48.5 Å². The van der Waals surface area contributed by atoms with Gasteiger partial charge in [0, 0.05) is 15.6 Å². The van der Waals surface area contributed by atoms with Crippen LogP contribution in [0.25, 0.3) is 6.08 Å². The van der Waals surface area contributed by atoms with Gasteiger partial charge in [-0.05, 0) is 36.8 Å². The van der Waals surface area contributed by atoms with E-state index >= 15 is 0 Å². The fraction of sp³-hybridized carbons (Fsp3) is 0.467. The van der Waals surface area contributed by atoms with E-state index in [1.165, 1.54) is 18.4 Å². The molecule has 3 rings (SSSR count). The Morgan fingerprint density at radius 2 is 2.06 bits per heavy atom. The zero-order valence-electron chi connectivity index (χ0n) is 10.3. The SMILES string of the molecule is C=Cc1cc(Br)cc2c1OC1(CC1)CC2(C)C. The summed E-state index contributed by atoms with van der Waals surface area (Å²) in [4.78, 5) is 0. The zero-order chi connectivity index (χ0) is 12.3. The molecule has 0 saturated heterocycles. The summed E-state index contributed by atoms with van der Waals surface area (Å²) < 4.78 is 7.36. The number of benzene rings is 1. The Morgan fingerprint density at radius 1 is 1.35 bits per heavy atom. The minimum atomic E-state index is 0.127. The molecule has 1 nitrogen and oxygen atoms in total. The molecule has 1 aromatic rings. The van der Waals surface area contributed by atoms with Crippen molar-refractivity contribution in [3.63, 3.8) is 0 Å². The molecule has 1 heterocycles. The van der Waals surface area contributed by atoms with E-state index in [0.717, 1.165) is 22.2 Å². The van der Waals surface area contributed by atoms with Crippen molar-refractivity contribution in [2.24, 2.45) is 0 Å². The summed E-state index contributed by atoms with van der Waals surface area (Å²) in [5.74, 6) is 1.05. The van der Waals surface area contributed by atoms with Crippen molar-refractivity contribution in [1.29, 1.82) is 0 Å². The van der Waals surface area contributed by atoms with Gasteiger partial charge in [0.25, 0.3) is 0 Å². The molecule has 0 radical (unpaired) electrons. The number of ether oxygens (including phenoxy) is 1.